The molecule has 1 aliphatic rings. The van der Waals surface area contributed by atoms with E-state index in [-0.39, 0.29) is 5.91 Å². The molecule has 3 aromatic carbocycles. The molecule has 0 unspecified atom stereocenters. The molecule has 1 aromatic heterocycles. The van der Waals surface area contributed by atoms with Crippen molar-refractivity contribution >= 4 is 33.7 Å². The fourth-order valence-corrected chi connectivity index (χ4v) is 5.48. The molecule has 1 aliphatic heterocycles. The number of hydrogen-bond acceptors (Lipinski definition) is 2. The average molecular weight is 369 g/mol. The number of carbonyl (C=O) groups is 1. The molecule has 0 saturated heterocycles. The highest BCUT2D eigenvalue weighted by atomic mass is 32.1. The highest BCUT2D eigenvalue weighted by molar-refractivity contribution is 7.10. The fourth-order valence-electron chi connectivity index (χ4n) is 4.34. The molecule has 0 bridgehead atoms. The molecule has 3 heteroatoms. The Morgan fingerprint density at radius 1 is 0.926 bits per heavy atom. The lowest BCUT2D eigenvalue weighted by atomic mass is 9.73. The number of para-hydroxylation sites is 1. The van der Waals surface area contributed by atoms with Crippen LogP contribution in [0.15, 0.2) is 78.2 Å². The maximum atomic E-state index is 13.4. The summed E-state index contributed by atoms with van der Waals surface area (Å²) in [6.07, 6.45) is 0.651. The minimum absolute atomic E-state index is 0.0715. The van der Waals surface area contributed by atoms with Gasteiger partial charge < -0.3 is 5.32 Å². The summed E-state index contributed by atoms with van der Waals surface area (Å²) in [5.74, 6) is 0.0715. The van der Waals surface area contributed by atoms with E-state index in [1.165, 1.54) is 21.9 Å². The number of amides is 1. The summed E-state index contributed by atoms with van der Waals surface area (Å²) < 4.78 is 0. The Kier molecular flexibility index (Phi) is 3.66. The van der Waals surface area contributed by atoms with Crippen molar-refractivity contribution in [2.75, 3.05) is 5.32 Å². The zero-order valence-corrected chi connectivity index (χ0v) is 15.8. The van der Waals surface area contributed by atoms with Gasteiger partial charge in [0.05, 0.1) is 0 Å². The van der Waals surface area contributed by atoms with Crippen LogP contribution in [0.5, 0.6) is 0 Å². The van der Waals surface area contributed by atoms with Crippen molar-refractivity contribution in [2.24, 2.45) is 0 Å². The normalized spacial score (nSPS) is 18.5. The van der Waals surface area contributed by atoms with E-state index in [0.717, 1.165) is 16.1 Å². The van der Waals surface area contributed by atoms with Crippen molar-refractivity contribution < 1.29 is 4.79 Å². The zero-order valence-electron chi connectivity index (χ0n) is 15.0. The second kappa shape index (κ2) is 6.07. The lowest BCUT2D eigenvalue weighted by Crippen LogP contribution is -2.37. The van der Waals surface area contributed by atoms with E-state index in [4.69, 9.17) is 0 Å². The molecule has 2 heterocycles. The summed E-state index contributed by atoms with van der Waals surface area (Å²) >= 11 is 1.68. The number of carbonyl (C=O) groups excluding carboxylic acids is 1. The van der Waals surface area contributed by atoms with Gasteiger partial charge in [0.2, 0.25) is 5.91 Å². The van der Waals surface area contributed by atoms with Gasteiger partial charge in [0.1, 0.15) is 5.41 Å². The fraction of sp³-hybridized carbons (Fsp3) is 0.125. The van der Waals surface area contributed by atoms with Gasteiger partial charge in [0.25, 0.3) is 0 Å². The van der Waals surface area contributed by atoms with Crippen LogP contribution < -0.4 is 5.32 Å². The second-order valence-electron chi connectivity index (χ2n) is 7.15. The van der Waals surface area contributed by atoms with Gasteiger partial charge >= 0.3 is 0 Å². The van der Waals surface area contributed by atoms with Crippen LogP contribution in [0.25, 0.3) is 10.8 Å². The van der Waals surface area contributed by atoms with Gasteiger partial charge in [-0.05, 0) is 58.3 Å². The zero-order chi connectivity index (χ0) is 18.4. The van der Waals surface area contributed by atoms with Gasteiger partial charge in [-0.1, -0.05) is 60.7 Å². The molecule has 0 radical (unpaired) electrons. The summed E-state index contributed by atoms with van der Waals surface area (Å²) in [7, 11) is 0. The third-order valence-corrected chi connectivity index (χ3v) is 6.79. The Labute approximate surface area is 162 Å². The van der Waals surface area contributed by atoms with E-state index < -0.39 is 5.41 Å². The molecular formula is C24H19NOS. The lowest BCUT2D eigenvalue weighted by molar-refractivity contribution is -0.119. The number of anilines is 1. The van der Waals surface area contributed by atoms with Crippen molar-refractivity contribution in [3.8, 4) is 0 Å². The largest absolute Gasteiger partial charge is 0.325 e. The van der Waals surface area contributed by atoms with Crippen molar-refractivity contribution in [2.45, 2.75) is 18.8 Å². The summed E-state index contributed by atoms with van der Waals surface area (Å²) in [4.78, 5) is 14.6. The van der Waals surface area contributed by atoms with Crippen LogP contribution >= 0.6 is 11.3 Å². The Morgan fingerprint density at radius 2 is 1.70 bits per heavy atom. The van der Waals surface area contributed by atoms with E-state index in [2.05, 4.69) is 72.2 Å². The number of nitrogens with one attached hydrogen (secondary N) is 1. The van der Waals surface area contributed by atoms with Crippen molar-refractivity contribution in [1.29, 1.82) is 0 Å². The minimum Gasteiger partial charge on any atom is -0.325 e. The van der Waals surface area contributed by atoms with Gasteiger partial charge in [0, 0.05) is 10.6 Å². The SMILES string of the molecule is Cc1ccsc1[C@]1(Cc2cccc3ccccc23)C(=O)Nc2ccccc21. The summed E-state index contributed by atoms with van der Waals surface area (Å²) in [6.45, 7) is 2.10. The monoisotopic (exact) mass is 369 g/mol. The number of aryl methyl sites for hydroxylation is 1. The number of thiophene rings is 1. The Balaban J connectivity index is 1.78. The quantitative estimate of drug-likeness (QED) is 0.494. The third kappa shape index (κ3) is 2.35. The smallest absolute Gasteiger partial charge is 0.240 e. The first-order chi connectivity index (χ1) is 13.2. The van der Waals surface area contributed by atoms with Gasteiger partial charge in [-0.25, -0.2) is 0 Å². The molecule has 0 fully saturated rings. The molecule has 132 valence electrons. The van der Waals surface area contributed by atoms with E-state index >= 15 is 0 Å². The van der Waals surface area contributed by atoms with Gasteiger partial charge in [-0.15, -0.1) is 11.3 Å². The Bertz CT molecular complexity index is 1170. The maximum absolute atomic E-state index is 13.4. The van der Waals surface area contributed by atoms with E-state index in [9.17, 15) is 4.79 Å². The number of rotatable bonds is 3. The van der Waals surface area contributed by atoms with Crippen LogP contribution in [0.4, 0.5) is 5.69 Å². The molecule has 2 nitrogen and oxygen atoms in total. The van der Waals surface area contributed by atoms with Gasteiger partial charge in [-0.2, -0.15) is 0 Å². The van der Waals surface area contributed by atoms with Crippen LogP contribution in [0, 0.1) is 6.92 Å². The van der Waals surface area contributed by atoms with Gasteiger partial charge in [-0.3, -0.25) is 4.79 Å². The summed E-state index contributed by atoms with van der Waals surface area (Å²) in [5, 5.41) is 7.65. The lowest BCUT2D eigenvalue weighted by Gasteiger charge is -2.28. The molecule has 5 rings (SSSR count). The van der Waals surface area contributed by atoms with Gasteiger partial charge in [0.15, 0.2) is 0 Å². The summed E-state index contributed by atoms with van der Waals surface area (Å²) in [5.41, 5.74) is 3.70. The molecular weight excluding hydrogens is 350 g/mol. The minimum atomic E-state index is -0.682. The molecule has 1 atom stereocenters. The first kappa shape index (κ1) is 16.3. The predicted octanol–water partition coefficient (Wildman–Crippen LogP) is 5.69. The van der Waals surface area contributed by atoms with E-state index in [0.29, 0.717) is 6.42 Å². The molecule has 1 N–H and O–H groups in total. The number of hydrogen-bond donors (Lipinski definition) is 1. The van der Waals surface area contributed by atoms with Crippen LogP contribution in [0.2, 0.25) is 0 Å². The standard InChI is InChI=1S/C24H19NOS/c1-16-13-14-27-22(16)24(20-11-4-5-12-21(20)25-23(24)26)15-18-9-6-8-17-7-2-3-10-19(17)18/h2-14H,15H2,1H3,(H,25,26)/t24-/m1/s1. The molecule has 4 aromatic rings. The van der Waals surface area contributed by atoms with Crippen LogP contribution in [0.1, 0.15) is 21.6 Å². The van der Waals surface area contributed by atoms with E-state index in [1.807, 2.05) is 18.2 Å². The molecule has 0 aliphatic carbocycles. The van der Waals surface area contributed by atoms with Crippen molar-refractivity contribution in [1.82, 2.24) is 0 Å². The number of benzene rings is 3. The molecule has 27 heavy (non-hydrogen) atoms. The molecule has 0 spiro atoms. The Morgan fingerprint density at radius 3 is 2.56 bits per heavy atom. The molecule has 0 saturated carbocycles. The maximum Gasteiger partial charge on any atom is 0.240 e. The highest BCUT2D eigenvalue weighted by Gasteiger charge is 2.49. The topological polar surface area (TPSA) is 29.1 Å². The third-order valence-electron chi connectivity index (χ3n) is 5.61. The second-order valence-corrected chi connectivity index (χ2v) is 8.07. The average Bonchev–Trinajstić information content (AvgIpc) is 3.24. The first-order valence-electron chi connectivity index (χ1n) is 9.12. The van der Waals surface area contributed by atoms with Crippen molar-refractivity contribution in [3.63, 3.8) is 0 Å². The highest BCUT2D eigenvalue weighted by Crippen LogP contribution is 2.48. The van der Waals surface area contributed by atoms with Crippen LogP contribution in [-0.4, -0.2) is 5.91 Å². The predicted molar refractivity (Wildman–Crippen MR) is 113 cm³/mol. The van der Waals surface area contributed by atoms with Crippen LogP contribution in [-0.2, 0) is 16.6 Å². The van der Waals surface area contributed by atoms with Crippen molar-refractivity contribution in [3.05, 3.63) is 99.7 Å². The van der Waals surface area contributed by atoms with Crippen LogP contribution in [0.3, 0.4) is 0 Å². The first-order valence-corrected chi connectivity index (χ1v) is 10.0. The van der Waals surface area contributed by atoms with E-state index in [1.54, 1.807) is 11.3 Å². The Hall–Kier alpha value is -2.91. The summed E-state index contributed by atoms with van der Waals surface area (Å²) in [6, 6.07) is 25.0. The number of fused-ring (bicyclic) bond motifs is 2. The molecule has 1 amide bonds.